The Kier molecular flexibility index (Phi) is 4.08. The molecule has 28 heavy (non-hydrogen) atoms. The fraction of sp³-hybridized carbons (Fsp3) is 0.474. The topological polar surface area (TPSA) is 99.5 Å². The van der Waals surface area contributed by atoms with Gasteiger partial charge in [0, 0.05) is 12.1 Å². The summed E-state index contributed by atoms with van der Waals surface area (Å²) in [6.07, 6.45) is 3.13. The maximum Gasteiger partial charge on any atom is 0.270 e. The molecule has 3 aliphatic rings. The fourth-order valence-corrected chi connectivity index (χ4v) is 5.89. The van der Waals surface area contributed by atoms with Crippen LogP contribution in [0.4, 0.5) is 0 Å². The highest BCUT2D eigenvalue weighted by Crippen LogP contribution is 2.33. The van der Waals surface area contributed by atoms with Crippen LogP contribution in [0.15, 0.2) is 18.2 Å². The number of rotatable bonds is 4. The smallest absolute Gasteiger partial charge is 0.270 e. The van der Waals surface area contributed by atoms with Crippen molar-refractivity contribution in [3.63, 3.8) is 0 Å². The summed E-state index contributed by atoms with van der Waals surface area (Å²) < 4.78 is 36.2. The second kappa shape index (κ2) is 6.51. The SMILES string of the molecule is O=C(NCc1ccc2c(c1)OCO2)c1c2c(nn1[C@@H]1CCS(=O)(=O)C1)CCC2. The normalized spacial score (nSPS) is 21.6. The molecule has 1 amide bonds. The molecule has 3 heterocycles. The van der Waals surface area contributed by atoms with Crippen LogP contribution in [-0.4, -0.2) is 42.4 Å². The maximum absolute atomic E-state index is 13.0. The first-order chi connectivity index (χ1) is 13.5. The second-order valence-corrected chi connectivity index (χ2v) is 9.73. The van der Waals surface area contributed by atoms with Gasteiger partial charge in [0.1, 0.15) is 5.69 Å². The largest absolute Gasteiger partial charge is 0.454 e. The van der Waals surface area contributed by atoms with Crippen molar-refractivity contribution < 1.29 is 22.7 Å². The Labute approximate surface area is 162 Å². The zero-order valence-electron chi connectivity index (χ0n) is 15.3. The zero-order chi connectivity index (χ0) is 19.3. The van der Waals surface area contributed by atoms with Crippen LogP contribution >= 0.6 is 0 Å². The van der Waals surface area contributed by atoms with E-state index in [0.717, 1.165) is 36.1 Å². The lowest BCUT2D eigenvalue weighted by Gasteiger charge is -2.15. The summed E-state index contributed by atoms with van der Waals surface area (Å²) in [6.45, 7) is 0.555. The predicted molar refractivity (Wildman–Crippen MR) is 100 cm³/mol. The van der Waals surface area contributed by atoms with Gasteiger partial charge in [0.15, 0.2) is 21.3 Å². The van der Waals surface area contributed by atoms with Gasteiger partial charge < -0.3 is 14.8 Å². The van der Waals surface area contributed by atoms with Gasteiger partial charge in [-0.15, -0.1) is 0 Å². The van der Waals surface area contributed by atoms with Crippen LogP contribution in [0.5, 0.6) is 11.5 Å². The number of hydrogen-bond donors (Lipinski definition) is 1. The van der Waals surface area contributed by atoms with Gasteiger partial charge >= 0.3 is 0 Å². The predicted octanol–water partition coefficient (Wildman–Crippen LogP) is 1.39. The lowest BCUT2D eigenvalue weighted by atomic mass is 10.1. The Balaban J connectivity index is 1.38. The van der Waals surface area contributed by atoms with E-state index in [1.807, 2.05) is 18.2 Å². The minimum atomic E-state index is -3.06. The minimum Gasteiger partial charge on any atom is -0.454 e. The van der Waals surface area contributed by atoms with Gasteiger partial charge in [-0.25, -0.2) is 8.42 Å². The Morgan fingerprint density at radius 1 is 1.25 bits per heavy atom. The number of aromatic nitrogens is 2. The van der Waals surface area contributed by atoms with Crippen LogP contribution in [0, 0.1) is 0 Å². The molecule has 0 saturated carbocycles. The molecule has 9 heteroatoms. The highest BCUT2D eigenvalue weighted by molar-refractivity contribution is 7.91. The molecule has 1 aromatic carbocycles. The standard InChI is InChI=1S/C19H21N3O5S/c23-19(20-9-12-4-5-16-17(8-12)27-11-26-16)18-14-2-1-3-15(14)21-22(18)13-6-7-28(24,25)10-13/h4-5,8,13H,1-3,6-7,9-11H2,(H,20,23)/t13-/m1/s1. The number of aryl methyl sites for hydroxylation is 1. The molecule has 1 saturated heterocycles. The first-order valence-electron chi connectivity index (χ1n) is 9.47. The molecular weight excluding hydrogens is 382 g/mol. The van der Waals surface area contributed by atoms with Gasteiger partial charge in [-0.3, -0.25) is 9.48 Å². The van der Waals surface area contributed by atoms with Gasteiger partial charge in [0.25, 0.3) is 5.91 Å². The van der Waals surface area contributed by atoms with Gasteiger partial charge in [0.05, 0.1) is 23.2 Å². The molecule has 5 rings (SSSR count). The fourth-order valence-electron chi connectivity index (χ4n) is 4.20. The third-order valence-corrected chi connectivity index (χ3v) is 7.34. The average molecular weight is 403 g/mol. The number of carbonyl (C=O) groups is 1. The summed E-state index contributed by atoms with van der Waals surface area (Å²) in [5.41, 5.74) is 3.32. The number of sulfone groups is 1. The van der Waals surface area contributed by atoms with Gasteiger partial charge in [-0.1, -0.05) is 6.07 Å². The molecule has 1 aliphatic carbocycles. The lowest BCUT2D eigenvalue weighted by Crippen LogP contribution is -2.28. The third kappa shape index (κ3) is 3.03. The van der Waals surface area contributed by atoms with Gasteiger partial charge in [0.2, 0.25) is 6.79 Å². The Morgan fingerprint density at radius 3 is 2.93 bits per heavy atom. The monoisotopic (exact) mass is 403 g/mol. The van der Waals surface area contributed by atoms with Crippen LogP contribution < -0.4 is 14.8 Å². The van der Waals surface area contributed by atoms with Crippen molar-refractivity contribution in [1.82, 2.24) is 15.1 Å². The summed E-state index contributed by atoms with van der Waals surface area (Å²) in [6, 6.07) is 5.31. The van der Waals surface area contributed by atoms with Crippen molar-refractivity contribution in [3.8, 4) is 11.5 Å². The molecule has 1 N–H and O–H groups in total. The van der Waals surface area contributed by atoms with E-state index in [-0.39, 0.29) is 30.2 Å². The molecule has 0 bridgehead atoms. The highest BCUT2D eigenvalue weighted by Gasteiger charge is 2.35. The summed E-state index contributed by atoms with van der Waals surface area (Å²) in [4.78, 5) is 13.0. The van der Waals surface area contributed by atoms with Crippen molar-refractivity contribution in [2.24, 2.45) is 0 Å². The number of amides is 1. The lowest BCUT2D eigenvalue weighted by molar-refractivity contribution is 0.0936. The van der Waals surface area contributed by atoms with Gasteiger partial charge in [-0.2, -0.15) is 5.10 Å². The number of nitrogens with zero attached hydrogens (tertiary/aromatic N) is 2. The van der Waals surface area contributed by atoms with Crippen molar-refractivity contribution in [3.05, 3.63) is 40.7 Å². The minimum absolute atomic E-state index is 0.0516. The van der Waals surface area contributed by atoms with Crippen molar-refractivity contribution in [2.45, 2.75) is 38.3 Å². The molecular formula is C19H21N3O5S. The Bertz CT molecular complexity index is 1060. The van der Waals surface area contributed by atoms with E-state index in [9.17, 15) is 13.2 Å². The van der Waals surface area contributed by atoms with Crippen LogP contribution in [0.2, 0.25) is 0 Å². The molecule has 2 aliphatic heterocycles. The van der Waals surface area contributed by atoms with Crippen molar-refractivity contribution in [2.75, 3.05) is 18.3 Å². The summed E-state index contributed by atoms with van der Waals surface area (Å²) in [5.74, 6) is 1.37. The Hall–Kier alpha value is -2.55. The molecule has 1 fully saturated rings. The molecule has 0 unspecified atom stereocenters. The number of nitrogens with one attached hydrogen (secondary N) is 1. The number of hydrogen-bond acceptors (Lipinski definition) is 6. The first kappa shape index (κ1) is 17.5. The van der Waals surface area contributed by atoms with E-state index >= 15 is 0 Å². The molecule has 1 atom stereocenters. The second-order valence-electron chi connectivity index (χ2n) is 7.50. The van der Waals surface area contributed by atoms with E-state index in [2.05, 4.69) is 10.4 Å². The van der Waals surface area contributed by atoms with Crippen LogP contribution in [0.25, 0.3) is 0 Å². The van der Waals surface area contributed by atoms with Crippen molar-refractivity contribution >= 4 is 15.7 Å². The highest BCUT2D eigenvalue weighted by atomic mass is 32.2. The van der Waals surface area contributed by atoms with E-state index in [4.69, 9.17) is 9.47 Å². The number of fused-ring (bicyclic) bond motifs is 2. The number of benzene rings is 1. The van der Waals surface area contributed by atoms with Gasteiger partial charge in [-0.05, 0) is 43.4 Å². The van der Waals surface area contributed by atoms with Crippen molar-refractivity contribution in [1.29, 1.82) is 0 Å². The van der Waals surface area contributed by atoms with E-state index < -0.39 is 9.84 Å². The quantitative estimate of drug-likeness (QED) is 0.828. The summed E-state index contributed by atoms with van der Waals surface area (Å²) >= 11 is 0. The molecule has 148 valence electrons. The molecule has 8 nitrogen and oxygen atoms in total. The van der Waals surface area contributed by atoms with Crippen LogP contribution in [0.1, 0.15) is 46.2 Å². The summed E-state index contributed by atoms with van der Waals surface area (Å²) in [5, 5.41) is 7.58. The Morgan fingerprint density at radius 2 is 2.11 bits per heavy atom. The van der Waals surface area contributed by atoms with Crippen LogP contribution in [-0.2, 0) is 29.2 Å². The molecule has 0 radical (unpaired) electrons. The van der Waals surface area contributed by atoms with E-state index in [1.54, 1.807) is 4.68 Å². The van der Waals surface area contributed by atoms with E-state index in [1.165, 1.54) is 0 Å². The number of carbonyl (C=O) groups excluding carboxylic acids is 1. The molecule has 2 aromatic rings. The van der Waals surface area contributed by atoms with Crippen LogP contribution in [0.3, 0.4) is 0 Å². The third-order valence-electron chi connectivity index (χ3n) is 5.59. The van der Waals surface area contributed by atoms with E-state index in [0.29, 0.717) is 30.2 Å². The molecule has 1 aromatic heterocycles. The number of ether oxygens (including phenoxy) is 2. The molecule has 0 spiro atoms. The average Bonchev–Trinajstić information content (AvgIpc) is 3.41. The first-order valence-corrected chi connectivity index (χ1v) is 11.3. The zero-order valence-corrected chi connectivity index (χ0v) is 16.1. The summed E-state index contributed by atoms with van der Waals surface area (Å²) in [7, 11) is -3.06. The maximum atomic E-state index is 13.0.